The van der Waals surface area contributed by atoms with Crippen molar-refractivity contribution in [1.82, 2.24) is 9.97 Å². The average Bonchev–Trinajstić information content (AvgIpc) is 3.86. The Bertz CT molecular complexity index is 2900. The summed E-state index contributed by atoms with van der Waals surface area (Å²) in [6, 6.07) is 58.6. The van der Waals surface area contributed by atoms with Crippen molar-refractivity contribution in [1.29, 1.82) is 5.26 Å². The molecule has 0 fully saturated rings. The van der Waals surface area contributed by atoms with Gasteiger partial charge in [0.1, 0.15) is 10.0 Å². The molecule has 0 saturated heterocycles. The van der Waals surface area contributed by atoms with Gasteiger partial charge in [-0.15, -0.1) is 22.7 Å². The third-order valence-corrected chi connectivity index (χ3v) is 11.8. The average molecular weight is 714 g/mol. The molecule has 0 atom stereocenters. The molecule has 2 aromatic heterocycles. The Kier molecular flexibility index (Phi) is 7.27. The summed E-state index contributed by atoms with van der Waals surface area (Å²) in [6.45, 7) is 0. The number of hydrogen-bond donors (Lipinski definition) is 0. The summed E-state index contributed by atoms with van der Waals surface area (Å²) in [5.74, 6) is 0. The van der Waals surface area contributed by atoms with Crippen LogP contribution in [-0.2, 0) is 0 Å². The highest BCUT2D eigenvalue weighted by Gasteiger charge is 2.16. The number of para-hydroxylation sites is 2. The van der Waals surface area contributed by atoms with Crippen LogP contribution in [0.25, 0.3) is 74.2 Å². The van der Waals surface area contributed by atoms with E-state index in [0.29, 0.717) is 11.6 Å². The standard InChI is InChI=1S/C47H28N4S2/c48-29-30-25-35-7-1-2-8-40(35)41(26-30)36-14-13-34-28-39(24-19-33(34)27-36)51(37-20-15-31(16-21-37)46-49-42-9-3-5-11-44(42)52-46)38-22-17-32(18-23-38)47-50-43-10-4-6-12-45(43)53-47/h1-28H/i13D. The SMILES string of the molecule is [2H]c1cc(-c2cc(C#N)cc3ccccc23)cc2ccc(N(c3ccc(-c4nc5ccccc5s4)cc3)c3ccc(-c4nc5ccccc5s4)cc3)cc12. The maximum absolute atomic E-state index is 9.77. The molecule has 53 heavy (non-hydrogen) atoms. The Morgan fingerprint density at radius 3 is 1.72 bits per heavy atom. The molecule has 0 amide bonds. The predicted molar refractivity (Wildman–Crippen MR) is 224 cm³/mol. The smallest absolute Gasteiger partial charge is 0.124 e. The van der Waals surface area contributed by atoms with Gasteiger partial charge in [0, 0.05) is 28.2 Å². The van der Waals surface area contributed by atoms with Gasteiger partial charge in [0.2, 0.25) is 0 Å². The molecule has 0 unspecified atom stereocenters. The zero-order valence-electron chi connectivity index (χ0n) is 29.2. The van der Waals surface area contributed by atoms with Crippen LogP contribution in [0.1, 0.15) is 6.93 Å². The van der Waals surface area contributed by atoms with Gasteiger partial charge < -0.3 is 4.90 Å². The molecule has 10 rings (SSSR count). The summed E-state index contributed by atoms with van der Waals surface area (Å²) in [5, 5.41) is 15.6. The predicted octanol–water partition coefficient (Wildman–Crippen LogP) is 13.6. The second-order valence-electron chi connectivity index (χ2n) is 12.9. The molecule has 6 heteroatoms. The summed E-state index contributed by atoms with van der Waals surface area (Å²) >= 11 is 3.39. The molecule has 0 aliphatic heterocycles. The quantitative estimate of drug-likeness (QED) is 0.172. The van der Waals surface area contributed by atoms with E-state index >= 15 is 0 Å². The molecule has 0 spiro atoms. The minimum atomic E-state index is 0.424. The van der Waals surface area contributed by atoms with Gasteiger partial charge in [-0.3, -0.25) is 0 Å². The second kappa shape index (κ2) is 12.8. The first-order chi connectivity index (χ1) is 26.6. The fourth-order valence-corrected chi connectivity index (χ4v) is 8.96. The third kappa shape index (κ3) is 5.69. The molecule has 0 N–H and O–H groups in total. The molecule has 248 valence electrons. The Morgan fingerprint density at radius 1 is 0.509 bits per heavy atom. The first-order valence-electron chi connectivity index (χ1n) is 17.8. The van der Waals surface area contributed by atoms with Crippen LogP contribution in [0.15, 0.2) is 170 Å². The van der Waals surface area contributed by atoms with Crippen LogP contribution in [0.3, 0.4) is 0 Å². The van der Waals surface area contributed by atoms with Crippen LogP contribution in [0.4, 0.5) is 17.1 Å². The van der Waals surface area contributed by atoms with Gasteiger partial charge in [-0.25, -0.2) is 9.97 Å². The van der Waals surface area contributed by atoms with Crippen molar-refractivity contribution in [3.05, 3.63) is 175 Å². The van der Waals surface area contributed by atoms with Gasteiger partial charge in [-0.2, -0.15) is 5.26 Å². The highest BCUT2D eigenvalue weighted by atomic mass is 32.1. The Labute approximate surface area is 315 Å². The topological polar surface area (TPSA) is 52.8 Å². The minimum absolute atomic E-state index is 0.424. The fraction of sp³-hybridized carbons (Fsp3) is 0. The van der Waals surface area contributed by atoms with Crippen molar-refractivity contribution in [3.63, 3.8) is 0 Å². The highest BCUT2D eigenvalue weighted by Crippen LogP contribution is 2.40. The maximum atomic E-state index is 9.77. The molecular formula is C47H28N4S2. The van der Waals surface area contributed by atoms with Gasteiger partial charge in [0.15, 0.2) is 0 Å². The number of benzene rings is 8. The van der Waals surface area contributed by atoms with Crippen molar-refractivity contribution in [2.24, 2.45) is 0 Å². The van der Waals surface area contributed by atoms with Gasteiger partial charge in [0.25, 0.3) is 0 Å². The number of aromatic nitrogens is 2. The van der Waals surface area contributed by atoms with Crippen LogP contribution in [0.2, 0.25) is 0 Å². The van der Waals surface area contributed by atoms with Crippen LogP contribution < -0.4 is 4.90 Å². The number of rotatable bonds is 6. The zero-order valence-corrected chi connectivity index (χ0v) is 29.8. The van der Waals surface area contributed by atoms with Gasteiger partial charge in [0.05, 0.1) is 33.4 Å². The van der Waals surface area contributed by atoms with Gasteiger partial charge in [-0.1, -0.05) is 66.7 Å². The number of hydrogen-bond acceptors (Lipinski definition) is 6. The summed E-state index contributed by atoms with van der Waals surface area (Å²) in [6.07, 6.45) is 0. The number of fused-ring (bicyclic) bond motifs is 4. The molecule has 0 bridgehead atoms. The van der Waals surface area contributed by atoms with Crippen molar-refractivity contribution in [2.45, 2.75) is 0 Å². The monoisotopic (exact) mass is 713 g/mol. The van der Waals surface area contributed by atoms with Crippen LogP contribution in [-0.4, -0.2) is 9.97 Å². The number of thiazole rings is 2. The molecular weight excluding hydrogens is 685 g/mol. The summed E-state index contributed by atoms with van der Waals surface area (Å²) in [7, 11) is 0. The van der Waals surface area contributed by atoms with E-state index in [0.717, 1.165) is 81.9 Å². The summed E-state index contributed by atoms with van der Waals surface area (Å²) in [4.78, 5) is 12.0. The van der Waals surface area contributed by atoms with Gasteiger partial charge in [-0.05, 0) is 136 Å². The lowest BCUT2D eigenvalue weighted by atomic mass is 9.94. The molecule has 8 aromatic carbocycles. The first-order valence-corrected chi connectivity index (χ1v) is 18.9. The van der Waals surface area contributed by atoms with E-state index in [2.05, 4.69) is 114 Å². The van der Waals surface area contributed by atoms with Crippen LogP contribution >= 0.6 is 22.7 Å². The fourth-order valence-electron chi connectivity index (χ4n) is 7.01. The van der Waals surface area contributed by atoms with E-state index in [-0.39, 0.29) is 0 Å². The van der Waals surface area contributed by atoms with E-state index in [1.54, 1.807) is 22.7 Å². The number of anilines is 3. The second-order valence-corrected chi connectivity index (χ2v) is 15.0. The van der Waals surface area contributed by atoms with Crippen LogP contribution in [0.5, 0.6) is 0 Å². The Balaban J connectivity index is 1.07. The molecule has 0 aliphatic rings. The van der Waals surface area contributed by atoms with E-state index in [1.807, 2.05) is 60.7 Å². The van der Waals surface area contributed by atoms with E-state index < -0.39 is 0 Å². The normalized spacial score (nSPS) is 11.6. The van der Waals surface area contributed by atoms with Gasteiger partial charge >= 0.3 is 0 Å². The minimum Gasteiger partial charge on any atom is -0.310 e. The lowest BCUT2D eigenvalue weighted by molar-refractivity contribution is 1.29. The molecule has 10 aromatic rings. The van der Waals surface area contributed by atoms with E-state index in [9.17, 15) is 6.63 Å². The zero-order chi connectivity index (χ0) is 36.2. The molecule has 4 nitrogen and oxygen atoms in total. The number of nitriles is 1. The van der Waals surface area contributed by atoms with E-state index in [4.69, 9.17) is 9.97 Å². The first kappa shape index (κ1) is 30.0. The van der Waals surface area contributed by atoms with Crippen molar-refractivity contribution in [3.8, 4) is 38.3 Å². The lowest BCUT2D eigenvalue weighted by Crippen LogP contribution is -2.09. The van der Waals surface area contributed by atoms with Crippen molar-refractivity contribution in [2.75, 3.05) is 4.90 Å². The number of nitrogens with zero attached hydrogens (tertiary/aromatic N) is 4. The summed E-state index contributed by atoms with van der Waals surface area (Å²) in [5.41, 5.74) is 9.56. The summed E-state index contributed by atoms with van der Waals surface area (Å²) < 4.78 is 11.6. The largest absolute Gasteiger partial charge is 0.310 e. The molecule has 0 radical (unpaired) electrons. The Morgan fingerprint density at radius 2 is 1.09 bits per heavy atom. The molecule has 2 heterocycles. The maximum Gasteiger partial charge on any atom is 0.124 e. The lowest BCUT2D eigenvalue weighted by Gasteiger charge is -2.26. The molecule has 0 aliphatic carbocycles. The van der Waals surface area contributed by atoms with Crippen molar-refractivity contribution >= 4 is 81.7 Å². The third-order valence-electron chi connectivity index (χ3n) is 9.62. The molecule has 0 saturated carbocycles. The Hall–Kier alpha value is -6.65. The van der Waals surface area contributed by atoms with E-state index in [1.165, 1.54) is 9.40 Å². The van der Waals surface area contributed by atoms with Crippen LogP contribution in [0, 0.1) is 11.3 Å². The highest BCUT2D eigenvalue weighted by molar-refractivity contribution is 7.22. The van der Waals surface area contributed by atoms with Crippen molar-refractivity contribution < 1.29 is 1.37 Å².